The van der Waals surface area contributed by atoms with E-state index in [1.807, 2.05) is 32.0 Å². The third kappa shape index (κ3) is 6.82. The van der Waals surface area contributed by atoms with Gasteiger partial charge in [-0.15, -0.1) is 0 Å². The molecular formula is C18H27NO4. The highest BCUT2D eigenvalue weighted by Gasteiger charge is 2.22. The summed E-state index contributed by atoms with van der Waals surface area (Å²) >= 11 is 0. The molecule has 1 aromatic carbocycles. The zero-order valence-corrected chi connectivity index (χ0v) is 14.9. The van der Waals surface area contributed by atoms with Gasteiger partial charge in [-0.2, -0.15) is 0 Å². The van der Waals surface area contributed by atoms with E-state index in [2.05, 4.69) is 5.32 Å². The van der Waals surface area contributed by atoms with E-state index in [9.17, 15) is 9.59 Å². The number of rotatable bonds is 6. The summed E-state index contributed by atoms with van der Waals surface area (Å²) in [5.41, 5.74) is 2.26. The average Bonchev–Trinajstić information content (AvgIpc) is 2.39. The molecule has 0 heterocycles. The average molecular weight is 321 g/mol. The first-order chi connectivity index (χ1) is 10.6. The lowest BCUT2D eigenvalue weighted by Gasteiger charge is -2.23. The summed E-state index contributed by atoms with van der Waals surface area (Å²) in [7, 11) is 1.53. The third-order valence-corrected chi connectivity index (χ3v) is 3.35. The summed E-state index contributed by atoms with van der Waals surface area (Å²) in [4.78, 5) is 24.3. The molecule has 0 saturated carbocycles. The lowest BCUT2D eigenvalue weighted by molar-refractivity contribution is 0.0464. The summed E-state index contributed by atoms with van der Waals surface area (Å²) in [5, 5.41) is 2.69. The minimum absolute atomic E-state index is 0.0359. The van der Waals surface area contributed by atoms with Crippen LogP contribution in [0.3, 0.4) is 0 Å². The van der Waals surface area contributed by atoms with E-state index >= 15 is 0 Å². The number of benzene rings is 1. The lowest BCUT2D eigenvalue weighted by atomic mass is 10.00. The second kappa shape index (κ2) is 8.11. The zero-order valence-electron chi connectivity index (χ0n) is 14.9. The van der Waals surface area contributed by atoms with Gasteiger partial charge in [0.05, 0.1) is 12.6 Å². The molecule has 23 heavy (non-hydrogen) atoms. The molecule has 0 spiro atoms. The maximum atomic E-state index is 12.4. The topological polar surface area (TPSA) is 64.6 Å². The predicted molar refractivity (Wildman–Crippen MR) is 89.9 cm³/mol. The van der Waals surface area contributed by atoms with Crippen LogP contribution in [0.1, 0.15) is 48.7 Å². The molecule has 1 amide bonds. The quantitative estimate of drug-likeness (QED) is 0.815. The van der Waals surface area contributed by atoms with Crippen LogP contribution in [0.25, 0.3) is 0 Å². The van der Waals surface area contributed by atoms with E-state index in [1.165, 1.54) is 7.11 Å². The number of alkyl carbamates (subject to hydrolysis) is 1. The number of methoxy groups -OCH3 is 1. The fraction of sp³-hybridized carbons (Fsp3) is 0.556. The first-order valence-corrected chi connectivity index (χ1v) is 7.71. The standard InChI is InChI=1S/C18H27NO4/c1-12-7-8-14(9-13(12)2)16(20)10-15(11-22-6)19-17(21)23-18(3,4)5/h7-9,15H,10-11H2,1-6H3,(H,19,21). The van der Waals surface area contributed by atoms with Crippen molar-refractivity contribution < 1.29 is 19.1 Å². The van der Waals surface area contributed by atoms with Gasteiger partial charge < -0.3 is 14.8 Å². The fourth-order valence-electron chi connectivity index (χ4n) is 2.08. The van der Waals surface area contributed by atoms with Gasteiger partial charge in [0.2, 0.25) is 0 Å². The molecule has 1 unspecified atom stereocenters. The summed E-state index contributed by atoms with van der Waals surface area (Å²) in [5.74, 6) is -0.0359. The van der Waals surface area contributed by atoms with Gasteiger partial charge in [0.25, 0.3) is 0 Å². The molecule has 1 rings (SSSR count). The fourth-order valence-corrected chi connectivity index (χ4v) is 2.08. The molecule has 1 N–H and O–H groups in total. The van der Waals surface area contributed by atoms with Crippen molar-refractivity contribution in [3.8, 4) is 0 Å². The number of aryl methyl sites for hydroxylation is 2. The van der Waals surface area contributed by atoms with Crippen LogP contribution in [0.5, 0.6) is 0 Å². The molecule has 0 aromatic heterocycles. The second-order valence-electron chi connectivity index (χ2n) is 6.72. The van der Waals surface area contributed by atoms with Gasteiger partial charge in [-0.1, -0.05) is 12.1 Å². The van der Waals surface area contributed by atoms with E-state index in [-0.39, 0.29) is 18.8 Å². The van der Waals surface area contributed by atoms with Gasteiger partial charge in [0, 0.05) is 19.1 Å². The van der Waals surface area contributed by atoms with Crippen molar-refractivity contribution in [2.75, 3.05) is 13.7 Å². The molecule has 1 atom stereocenters. The number of hydrogen-bond donors (Lipinski definition) is 1. The molecule has 128 valence electrons. The number of carbonyl (C=O) groups is 2. The molecule has 0 bridgehead atoms. The van der Waals surface area contributed by atoms with Crippen molar-refractivity contribution in [2.24, 2.45) is 0 Å². The maximum absolute atomic E-state index is 12.4. The maximum Gasteiger partial charge on any atom is 0.407 e. The Morgan fingerprint density at radius 1 is 1.17 bits per heavy atom. The lowest BCUT2D eigenvalue weighted by Crippen LogP contribution is -2.42. The Morgan fingerprint density at radius 2 is 1.83 bits per heavy atom. The molecule has 0 radical (unpaired) electrons. The third-order valence-electron chi connectivity index (χ3n) is 3.35. The van der Waals surface area contributed by atoms with Gasteiger partial charge in [0.1, 0.15) is 5.60 Å². The van der Waals surface area contributed by atoms with Crippen LogP contribution in [-0.4, -0.2) is 37.2 Å². The predicted octanol–water partition coefficient (Wildman–Crippen LogP) is 3.42. The molecule has 0 aliphatic carbocycles. The van der Waals surface area contributed by atoms with Gasteiger partial charge in [-0.25, -0.2) is 4.79 Å². The first-order valence-electron chi connectivity index (χ1n) is 7.71. The Labute approximate surface area is 138 Å². The van der Waals surface area contributed by atoms with Crippen molar-refractivity contribution in [3.63, 3.8) is 0 Å². The number of hydrogen-bond acceptors (Lipinski definition) is 4. The normalized spacial score (nSPS) is 12.6. The van der Waals surface area contributed by atoms with Gasteiger partial charge in [-0.3, -0.25) is 4.79 Å². The van der Waals surface area contributed by atoms with Crippen LogP contribution in [0.2, 0.25) is 0 Å². The van der Waals surface area contributed by atoms with E-state index in [0.29, 0.717) is 5.56 Å². The summed E-state index contributed by atoms with van der Waals surface area (Å²) in [6, 6.07) is 5.18. The Bertz CT molecular complexity index is 561. The molecule has 0 saturated heterocycles. The van der Waals surface area contributed by atoms with Gasteiger partial charge in [-0.05, 0) is 51.8 Å². The number of carbonyl (C=O) groups excluding carboxylic acids is 2. The second-order valence-corrected chi connectivity index (χ2v) is 6.72. The molecule has 0 aliphatic rings. The number of ketones is 1. The van der Waals surface area contributed by atoms with Gasteiger partial charge in [0.15, 0.2) is 5.78 Å². The minimum Gasteiger partial charge on any atom is -0.444 e. The van der Waals surface area contributed by atoms with Crippen LogP contribution in [0.4, 0.5) is 4.79 Å². The first kappa shape index (κ1) is 19.2. The van der Waals surface area contributed by atoms with Crippen molar-refractivity contribution in [3.05, 3.63) is 34.9 Å². The van der Waals surface area contributed by atoms with Crippen LogP contribution in [-0.2, 0) is 9.47 Å². The highest BCUT2D eigenvalue weighted by molar-refractivity contribution is 5.96. The number of nitrogens with one attached hydrogen (secondary N) is 1. The minimum atomic E-state index is -0.584. The van der Waals surface area contributed by atoms with Crippen LogP contribution in [0, 0.1) is 13.8 Å². The molecule has 5 heteroatoms. The molecular weight excluding hydrogens is 294 g/mol. The van der Waals surface area contributed by atoms with E-state index in [4.69, 9.17) is 9.47 Å². The van der Waals surface area contributed by atoms with Crippen molar-refractivity contribution in [1.82, 2.24) is 5.32 Å². The van der Waals surface area contributed by atoms with Gasteiger partial charge >= 0.3 is 6.09 Å². The number of ether oxygens (including phenoxy) is 2. The summed E-state index contributed by atoms with van der Waals surface area (Å²) in [6.07, 6.45) is -0.386. The highest BCUT2D eigenvalue weighted by atomic mass is 16.6. The van der Waals surface area contributed by atoms with Crippen LogP contribution < -0.4 is 5.32 Å². The molecule has 5 nitrogen and oxygen atoms in total. The Hall–Kier alpha value is -1.88. The largest absolute Gasteiger partial charge is 0.444 e. The van der Waals surface area contributed by atoms with Crippen molar-refractivity contribution in [1.29, 1.82) is 0 Å². The highest BCUT2D eigenvalue weighted by Crippen LogP contribution is 2.13. The smallest absolute Gasteiger partial charge is 0.407 e. The summed E-state index contributed by atoms with van der Waals surface area (Å²) in [6.45, 7) is 9.59. The molecule has 0 aliphatic heterocycles. The van der Waals surface area contributed by atoms with Crippen LogP contribution >= 0.6 is 0 Å². The Balaban J connectivity index is 2.72. The van der Waals surface area contributed by atoms with Crippen molar-refractivity contribution in [2.45, 2.75) is 52.7 Å². The molecule has 1 aromatic rings. The summed E-state index contributed by atoms with van der Waals surface area (Å²) < 4.78 is 10.3. The monoisotopic (exact) mass is 321 g/mol. The van der Waals surface area contributed by atoms with E-state index in [0.717, 1.165) is 11.1 Å². The van der Waals surface area contributed by atoms with Crippen molar-refractivity contribution >= 4 is 11.9 Å². The number of Topliss-reactive ketones (excluding diaryl/α,β-unsaturated/α-hetero) is 1. The Morgan fingerprint density at radius 3 is 2.35 bits per heavy atom. The van der Waals surface area contributed by atoms with E-state index in [1.54, 1.807) is 20.8 Å². The van der Waals surface area contributed by atoms with E-state index < -0.39 is 17.7 Å². The number of amides is 1. The zero-order chi connectivity index (χ0) is 17.6. The van der Waals surface area contributed by atoms with Crippen LogP contribution in [0.15, 0.2) is 18.2 Å². The Kier molecular flexibility index (Phi) is 6.76. The SMILES string of the molecule is COCC(CC(=O)c1ccc(C)c(C)c1)NC(=O)OC(C)(C)C. The molecule has 0 fully saturated rings.